The summed E-state index contributed by atoms with van der Waals surface area (Å²) in [6, 6.07) is 7.58. The fourth-order valence-electron chi connectivity index (χ4n) is 2.08. The molecule has 0 saturated carbocycles. The number of nitrogens with two attached hydrogens (primary N) is 2. The van der Waals surface area contributed by atoms with Gasteiger partial charge in [0.25, 0.3) is 5.91 Å². The monoisotopic (exact) mass is 291 g/mol. The standard InChI is InChI=1S/C14H17N3O2S/c1-14(2,7-10(15)18)17-13(19)12-11(16)8-5-3-4-6-9(8)20-12/h3-6H,7,16H2,1-2H3,(H2,15,18)(H,17,19). The lowest BCUT2D eigenvalue weighted by Crippen LogP contribution is -2.45. The molecular formula is C14H17N3O2S. The average molecular weight is 291 g/mol. The Kier molecular flexibility index (Phi) is 3.67. The first-order chi connectivity index (χ1) is 9.30. The maximum absolute atomic E-state index is 12.3. The van der Waals surface area contributed by atoms with E-state index in [-0.39, 0.29) is 12.3 Å². The van der Waals surface area contributed by atoms with E-state index in [0.29, 0.717) is 10.6 Å². The van der Waals surface area contributed by atoms with Crippen molar-refractivity contribution >= 4 is 38.9 Å². The zero-order valence-electron chi connectivity index (χ0n) is 11.4. The first-order valence-electron chi connectivity index (χ1n) is 6.18. The van der Waals surface area contributed by atoms with Crippen LogP contribution in [-0.4, -0.2) is 17.4 Å². The van der Waals surface area contributed by atoms with Crippen LogP contribution in [0, 0.1) is 0 Å². The van der Waals surface area contributed by atoms with E-state index in [9.17, 15) is 9.59 Å². The van der Waals surface area contributed by atoms with Crippen molar-refractivity contribution in [3.8, 4) is 0 Å². The predicted molar refractivity (Wildman–Crippen MR) is 81.6 cm³/mol. The van der Waals surface area contributed by atoms with Gasteiger partial charge in [-0.25, -0.2) is 0 Å². The van der Waals surface area contributed by atoms with Gasteiger partial charge in [-0.3, -0.25) is 9.59 Å². The summed E-state index contributed by atoms with van der Waals surface area (Å²) in [5.74, 6) is -0.741. The van der Waals surface area contributed by atoms with Gasteiger partial charge in [-0.2, -0.15) is 0 Å². The van der Waals surface area contributed by atoms with Crippen LogP contribution in [0.5, 0.6) is 0 Å². The molecule has 0 aliphatic heterocycles. The second kappa shape index (κ2) is 5.13. The van der Waals surface area contributed by atoms with Crippen molar-refractivity contribution in [1.82, 2.24) is 5.32 Å². The van der Waals surface area contributed by atoms with Gasteiger partial charge in [-0.1, -0.05) is 18.2 Å². The predicted octanol–water partition coefficient (Wildman–Crippen LogP) is 1.87. The van der Waals surface area contributed by atoms with Gasteiger partial charge in [0.15, 0.2) is 0 Å². The van der Waals surface area contributed by atoms with E-state index in [4.69, 9.17) is 11.5 Å². The third-order valence-electron chi connectivity index (χ3n) is 2.91. The molecule has 2 aromatic rings. The largest absolute Gasteiger partial charge is 0.397 e. The van der Waals surface area contributed by atoms with Gasteiger partial charge in [0.1, 0.15) is 4.88 Å². The van der Waals surface area contributed by atoms with E-state index in [1.54, 1.807) is 13.8 Å². The summed E-state index contributed by atoms with van der Waals surface area (Å²) < 4.78 is 0.961. The summed E-state index contributed by atoms with van der Waals surface area (Å²) in [6.07, 6.45) is 0.0730. The smallest absolute Gasteiger partial charge is 0.263 e. The molecule has 1 heterocycles. The van der Waals surface area contributed by atoms with E-state index in [2.05, 4.69) is 5.32 Å². The molecule has 0 saturated heterocycles. The number of amides is 2. The highest BCUT2D eigenvalue weighted by atomic mass is 32.1. The Labute approximate surface area is 120 Å². The Morgan fingerprint density at radius 2 is 1.95 bits per heavy atom. The van der Waals surface area contributed by atoms with Crippen molar-refractivity contribution < 1.29 is 9.59 Å². The second-order valence-electron chi connectivity index (χ2n) is 5.32. The molecule has 20 heavy (non-hydrogen) atoms. The fourth-order valence-corrected chi connectivity index (χ4v) is 3.10. The zero-order chi connectivity index (χ0) is 14.9. The summed E-state index contributed by atoms with van der Waals surface area (Å²) in [4.78, 5) is 23.8. The number of benzene rings is 1. The maximum atomic E-state index is 12.3. The van der Waals surface area contributed by atoms with Crippen LogP contribution in [0.25, 0.3) is 10.1 Å². The first-order valence-corrected chi connectivity index (χ1v) is 6.99. The highest BCUT2D eigenvalue weighted by Gasteiger charge is 2.25. The summed E-state index contributed by atoms with van der Waals surface area (Å²) in [5, 5.41) is 3.67. The number of hydrogen-bond acceptors (Lipinski definition) is 4. The highest BCUT2D eigenvalue weighted by Crippen LogP contribution is 2.33. The van der Waals surface area contributed by atoms with Gasteiger partial charge in [0, 0.05) is 22.0 Å². The average Bonchev–Trinajstić information content (AvgIpc) is 2.65. The van der Waals surface area contributed by atoms with Crippen molar-refractivity contribution in [2.24, 2.45) is 5.73 Å². The van der Waals surface area contributed by atoms with Crippen molar-refractivity contribution in [1.29, 1.82) is 0 Å². The molecule has 1 aromatic heterocycles. The van der Waals surface area contributed by atoms with E-state index in [1.807, 2.05) is 24.3 Å². The molecule has 0 fully saturated rings. The van der Waals surface area contributed by atoms with Crippen LogP contribution in [0.2, 0.25) is 0 Å². The van der Waals surface area contributed by atoms with Crippen LogP contribution in [0.1, 0.15) is 29.9 Å². The molecule has 6 heteroatoms. The number of nitrogen functional groups attached to an aromatic ring is 1. The van der Waals surface area contributed by atoms with Crippen molar-refractivity contribution in [3.63, 3.8) is 0 Å². The lowest BCUT2D eigenvalue weighted by atomic mass is 10.00. The molecule has 0 spiro atoms. The molecular weight excluding hydrogens is 274 g/mol. The van der Waals surface area contributed by atoms with Gasteiger partial charge in [0.05, 0.1) is 5.69 Å². The van der Waals surface area contributed by atoms with Gasteiger partial charge in [-0.15, -0.1) is 11.3 Å². The van der Waals surface area contributed by atoms with Gasteiger partial charge in [0.2, 0.25) is 5.91 Å². The Morgan fingerprint density at radius 1 is 1.30 bits per heavy atom. The first kappa shape index (κ1) is 14.3. The number of hydrogen-bond donors (Lipinski definition) is 3. The van der Waals surface area contributed by atoms with Gasteiger partial charge in [-0.05, 0) is 19.9 Å². The SMILES string of the molecule is CC(C)(CC(N)=O)NC(=O)c1sc2ccccc2c1N. The number of anilines is 1. The molecule has 5 nitrogen and oxygen atoms in total. The molecule has 0 atom stereocenters. The number of carbonyl (C=O) groups is 2. The van der Waals surface area contributed by atoms with Crippen molar-refractivity contribution in [2.45, 2.75) is 25.8 Å². The van der Waals surface area contributed by atoms with Crippen LogP contribution >= 0.6 is 11.3 Å². The molecule has 0 bridgehead atoms. The molecule has 1 aromatic carbocycles. The quantitative estimate of drug-likeness (QED) is 0.802. The molecule has 0 unspecified atom stereocenters. The number of carbonyl (C=O) groups excluding carboxylic acids is 2. The molecule has 0 radical (unpaired) electrons. The van der Waals surface area contributed by atoms with Gasteiger partial charge < -0.3 is 16.8 Å². The van der Waals surface area contributed by atoms with E-state index < -0.39 is 11.4 Å². The van der Waals surface area contributed by atoms with E-state index in [0.717, 1.165) is 10.1 Å². The minimum Gasteiger partial charge on any atom is -0.397 e. The summed E-state index contributed by atoms with van der Waals surface area (Å²) >= 11 is 1.34. The Balaban J connectivity index is 2.28. The molecule has 5 N–H and O–H groups in total. The minimum atomic E-state index is -0.703. The number of nitrogens with one attached hydrogen (secondary N) is 1. The molecule has 2 amide bonds. The summed E-state index contributed by atoms with van der Waals surface area (Å²) in [6.45, 7) is 3.50. The molecule has 0 aliphatic rings. The van der Waals surface area contributed by atoms with Gasteiger partial charge >= 0.3 is 0 Å². The highest BCUT2D eigenvalue weighted by molar-refractivity contribution is 7.21. The third-order valence-corrected chi connectivity index (χ3v) is 4.09. The lowest BCUT2D eigenvalue weighted by Gasteiger charge is -2.24. The van der Waals surface area contributed by atoms with Crippen LogP contribution in [0.15, 0.2) is 24.3 Å². The number of thiophene rings is 1. The summed E-state index contributed by atoms with van der Waals surface area (Å²) in [7, 11) is 0. The Hall–Kier alpha value is -2.08. The number of rotatable bonds is 4. The number of primary amides is 1. The van der Waals surface area contributed by atoms with E-state index in [1.165, 1.54) is 11.3 Å². The Morgan fingerprint density at radius 3 is 2.55 bits per heavy atom. The minimum absolute atomic E-state index is 0.0730. The number of fused-ring (bicyclic) bond motifs is 1. The second-order valence-corrected chi connectivity index (χ2v) is 6.37. The van der Waals surface area contributed by atoms with Crippen molar-refractivity contribution in [3.05, 3.63) is 29.1 Å². The van der Waals surface area contributed by atoms with Crippen LogP contribution in [0.4, 0.5) is 5.69 Å². The zero-order valence-corrected chi connectivity index (χ0v) is 12.2. The molecule has 0 aliphatic carbocycles. The maximum Gasteiger partial charge on any atom is 0.263 e. The normalized spacial score (nSPS) is 11.5. The Bertz CT molecular complexity index is 676. The van der Waals surface area contributed by atoms with Crippen molar-refractivity contribution in [2.75, 3.05) is 5.73 Å². The van der Waals surface area contributed by atoms with Crippen LogP contribution in [0.3, 0.4) is 0 Å². The third kappa shape index (κ3) is 2.91. The summed E-state index contributed by atoms with van der Waals surface area (Å²) in [5.41, 5.74) is 11.0. The lowest BCUT2D eigenvalue weighted by molar-refractivity contribution is -0.119. The van der Waals surface area contributed by atoms with E-state index >= 15 is 0 Å². The van der Waals surface area contributed by atoms with Crippen LogP contribution in [-0.2, 0) is 4.79 Å². The van der Waals surface area contributed by atoms with Crippen LogP contribution < -0.4 is 16.8 Å². The fraction of sp³-hybridized carbons (Fsp3) is 0.286. The topological polar surface area (TPSA) is 98.2 Å². The molecule has 106 valence electrons. The molecule has 2 rings (SSSR count).